The van der Waals surface area contributed by atoms with Gasteiger partial charge in [-0.05, 0) is 45.3 Å². The summed E-state index contributed by atoms with van der Waals surface area (Å²) in [7, 11) is -0.787. The van der Waals surface area contributed by atoms with Gasteiger partial charge in [-0.25, -0.2) is 13.6 Å². The summed E-state index contributed by atoms with van der Waals surface area (Å²) < 4.78 is 39.9. The maximum atomic E-state index is 14.1. The molecule has 1 fully saturated rings. The lowest BCUT2D eigenvalue weighted by Gasteiger charge is -2.32. The number of benzene rings is 1. The van der Waals surface area contributed by atoms with E-state index >= 15 is 0 Å². The van der Waals surface area contributed by atoms with Crippen LogP contribution >= 0.6 is 12.6 Å². The summed E-state index contributed by atoms with van der Waals surface area (Å²) in [6, 6.07) is 1.55. The van der Waals surface area contributed by atoms with E-state index in [1.807, 2.05) is 27.7 Å². The number of aromatic carboxylic acids is 1. The molecule has 1 heterocycles. The highest BCUT2D eigenvalue weighted by molar-refractivity contribution is 7.80. The van der Waals surface area contributed by atoms with Crippen LogP contribution in [-0.4, -0.2) is 35.1 Å². The van der Waals surface area contributed by atoms with Gasteiger partial charge in [0.15, 0.2) is 0 Å². The molecule has 1 saturated heterocycles. The molecule has 1 aromatic carbocycles. The monoisotopic (exact) mass is 356 g/mol. The Morgan fingerprint density at radius 1 is 1.21 bits per heavy atom. The lowest BCUT2D eigenvalue weighted by molar-refractivity contribution is 0.00578. The van der Waals surface area contributed by atoms with Crippen molar-refractivity contribution in [1.29, 1.82) is 0 Å². The van der Waals surface area contributed by atoms with Crippen molar-refractivity contribution >= 4 is 31.8 Å². The molecule has 1 N–H and O–H groups in total. The first-order valence-corrected chi connectivity index (χ1v) is 8.01. The molecule has 1 aliphatic heterocycles. The summed E-state index contributed by atoms with van der Waals surface area (Å²) in [5.41, 5.74) is -1.55. The minimum Gasteiger partial charge on any atom is -0.478 e. The zero-order chi connectivity index (χ0) is 18.3. The first kappa shape index (κ1) is 19.0. The van der Waals surface area contributed by atoms with Crippen LogP contribution in [0.15, 0.2) is 17.6 Å². The summed E-state index contributed by atoms with van der Waals surface area (Å²) in [5, 5.41) is 8.84. The Kier molecular flexibility index (Phi) is 5.13. The zero-order valence-corrected chi connectivity index (χ0v) is 14.8. The van der Waals surface area contributed by atoms with Crippen molar-refractivity contribution in [3.8, 4) is 0 Å². The van der Waals surface area contributed by atoms with Gasteiger partial charge < -0.3 is 14.4 Å². The molecule has 1 aromatic rings. The van der Waals surface area contributed by atoms with Crippen LogP contribution < -0.4 is 0 Å². The normalized spacial score (nSPS) is 19.6. The Bertz CT molecular complexity index is 664. The second-order valence-corrected chi connectivity index (χ2v) is 6.94. The van der Waals surface area contributed by atoms with Gasteiger partial charge in [0.05, 0.1) is 16.8 Å². The maximum absolute atomic E-state index is 14.1. The van der Waals surface area contributed by atoms with Gasteiger partial charge in [0.25, 0.3) is 0 Å². The molecule has 0 saturated carbocycles. The van der Waals surface area contributed by atoms with Crippen molar-refractivity contribution < 1.29 is 28.0 Å². The van der Waals surface area contributed by atoms with Crippen molar-refractivity contribution in [3.05, 3.63) is 40.4 Å². The number of carboxylic acids is 1. The van der Waals surface area contributed by atoms with Crippen LogP contribution in [0.3, 0.4) is 0 Å². The molecule has 1 aliphatic rings. The van der Waals surface area contributed by atoms with Crippen LogP contribution in [0, 0.1) is 11.6 Å². The molecule has 0 unspecified atom stereocenters. The van der Waals surface area contributed by atoms with Gasteiger partial charge in [-0.2, -0.15) is 12.6 Å². The highest BCUT2D eigenvalue weighted by atomic mass is 32.1. The highest BCUT2D eigenvalue weighted by Crippen LogP contribution is 2.39. The molecule has 24 heavy (non-hydrogen) atoms. The van der Waals surface area contributed by atoms with E-state index in [9.17, 15) is 13.6 Å². The van der Waals surface area contributed by atoms with E-state index in [4.69, 9.17) is 14.4 Å². The molecule has 4 nitrogen and oxygen atoms in total. The van der Waals surface area contributed by atoms with Gasteiger partial charge in [0, 0.05) is 11.3 Å². The number of carboxylic acid groups (broad SMARTS) is 1. The highest BCUT2D eigenvalue weighted by Gasteiger charge is 2.52. The molecule has 8 heteroatoms. The third-order valence-corrected chi connectivity index (χ3v) is 4.76. The number of hydrogen-bond acceptors (Lipinski definition) is 4. The van der Waals surface area contributed by atoms with Gasteiger partial charge in [-0.1, -0.05) is 6.08 Å². The number of hydrogen-bond donors (Lipinski definition) is 2. The minimum atomic E-state index is -1.40. The molecule has 0 atom stereocenters. The molecule has 0 aromatic heterocycles. The van der Waals surface area contributed by atoms with E-state index in [1.54, 1.807) is 0 Å². The first-order chi connectivity index (χ1) is 11.0. The molecule has 0 amide bonds. The van der Waals surface area contributed by atoms with Crippen LogP contribution in [0.25, 0.3) is 6.08 Å². The third-order valence-electron chi connectivity index (χ3n) is 4.39. The second kappa shape index (κ2) is 6.50. The molecule has 0 bridgehead atoms. The van der Waals surface area contributed by atoms with Crippen molar-refractivity contribution in [2.45, 2.75) is 38.9 Å². The van der Waals surface area contributed by atoms with Crippen molar-refractivity contribution in [1.82, 2.24) is 0 Å². The van der Waals surface area contributed by atoms with Crippen molar-refractivity contribution in [3.63, 3.8) is 0 Å². The predicted molar refractivity (Wildman–Crippen MR) is 91.2 cm³/mol. The van der Waals surface area contributed by atoms with E-state index in [-0.39, 0.29) is 11.3 Å². The van der Waals surface area contributed by atoms with E-state index in [0.29, 0.717) is 5.47 Å². The molecule has 0 aliphatic carbocycles. The van der Waals surface area contributed by atoms with Gasteiger partial charge in [0.2, 0.25) is 0 Å². The number of halogens is 2. The fourth-order valence-electron chi connectivity index (χ4n) is 2.21. The van der Waals surface area contributed by atoms with Gasteiger partial charge in [0.1, 0.15) is 11.6 Å². The topological polar surface area (TPSA) is 55.8 Å². The second-order valence-electron chi connectivity index (χ2n) is 6.62. The Hall–Kier alpha value is -1.38. The molecular formula is C16H19BF2O4S. The number of thiol groups is 1. The van der Waals surface area contributed by atoms with Gasteiger partial charge >= 0.3 is 13.1 Å². The van der Waals surface area contributed by atoms with Crippen LogP contribution in [0.5, 0.6) is 0 Å². The van der Waals surface area contributed by atoms with Crippen LogP contribution in [0.4, 0.5) is 8.78 Å². The van der Waals surface area contributed by atoms with Crippen molar-refractivity contribution in [2.24, 2.45) is 0 Å². The third kappa shape index (κ3) is 3.50. The fourth-order valence-corrected chi connectivity index (χ4v) is 2.45. The number of rotatable bonds is 4. The van der Waals surface area contributed by atoms with Gasteiger partial charge in [-0.15, -0.1) is 0 Å². The summed E-state index contributed by atoms with van der Waals surface area (Å²) >= 11 is 4.19. The maximum Gasteiger partial charge on any atom is 0.491 e. The SMILES string of the molecule is CC1(C)OB(C(=Cc2c(F)cc(C(=O)O)cc2F)CS)OC1(C)C. The molecule has 0 radical (unpaired) electrons. The Morgan fingerprint density at radius 2 is 1.67 bits per heavy atom. The summed E-state index contributed by atoms with van der Waals surface area (Å²) in [4.78, 5) is 10.8. The Labute approximate surface area is 145 Å². The van der Waals surface area contributed by atoms with Crippen LogP contribution in [-0.2, 0) is 9.31 Å². The lowest BCUT2D eigenvalue weighted by Crippen LogP contribution is -2.41. The Balaban J connectivity index is 2.41. The Morgan fingerprint density at radius 3 is 2.04 bits per heavy atom. The zero-order valence-electron chi connectivity index (χ0n) is 13.9. The minimum absolute atomic E-state index is 0.163. The van der Waals surface area contributed by atoms with E-state index in [2.05, 4.69) is 12.6 Å². The van der Waals surface area contributed by atoms with Crippen molar-refractivity contribution in [2.75, 3.05) is 5.75 Å². The quantitative estimate of drug-likeness (QED) is 0.639. The van der Waals surface area contributed by atoms with E-state index in [1.165, 1.54) is 6.08 Å². The standard InChI is InChI=1S/C16H19BF2O4S/c1-15(2)16(3,4)23-17(22-15)10(8-24)7-11-12(18)5-9(14(20)21)6-13(11)19/h5-7,24H,8H2,1-4H3,(H,20,21). The number of carbonyl (C=O) groups is 1. The van der Waals surface area contributed by atoms with E-state index in [0.717, 1.165) is 12.1 Å². The molecule has 2 rings (SSSR count). The smallest absolute Gasteiger partial charge is 0.478 e. The lowest BCUT2D eigenvalue weighted by atomic mass is 9.78. The largest absolute Gasteiger partial charge is 0.491 e. The summed E-state index contributed by atoms with van der Waals surface area (Å²) in [6.07, 6.45) is 1.26. The van der Waals surface area contributed by atoms with E-state index < -0.39 is 41.5 Å². The predicted octanol–water partition coefficient (Wildman–Crippen LogP) is 3.61. The van der Waals surface area contributed by atoms with Gasteiger partial charge in [-0.3, -0.25) is 0 Å². The first-order valence-electron chi connectivity index (χ1n) is 7.38. The molecule has 0 spiro atoms. The van der Waals surface area contributed by atoms with Crippen LogP contribution in [0.1, 0.15) is 43.6 Å². The van der Waals surface area contributed by atoms with Crippen LogP contribution in [0.2, 0.25) is 0 Å². The summed E-state index contributed by atoms with van der Waals surface area (Å²) in [5.74, 6) is -3.17. The average Bonchev–Trinajstić information content (AvgIpc) is 2.66. The molecule has 130 valence electrons. The average molecular weight is 356 g/mol. The fraction of sp³-hybridized carbons (Fsp3) is 0.438. The molecular weight excluding hydrogens is 337 g/mol. The summed E-state index contributed by atoms with van der Waals surface area (Å²) in [6.45, 7) is 7.47.